The summed E-state index contributed by atoms with van der Waals surface area (Å²) in [6.45, 7) is 0. The summed E-state index contributed by atoms with van der Waals surface area (Å²) in [5.41, 5.74) is 0.00397. The van der Waals surface area contributed by atoms with Gasteiger partial charge in [0.05, 0.1) is 22.2 Å². The fourth-order valence-corrected chi connectivity index (χ4v) is 2.32. The van der Waals surface area contributed by atoms with Crippen molar-refractivity contribution >= 4 is 46.0 Å². The Labute approximate surface area is 111 Å². The van der Waals surface area contributed by atoms with E-state index in [2.05, 4.69) is 4.98 Å². The van der Waals surface area contributed by atoms with Crippen molar-refractivity contribution in [3.05, 3.63) is 33.4 Å². The summed E-state index contributed by atoms with van der Waals surface area (Å²) in [6, 6.07) is 2.85. The van der Waals surface area contributed by atoms with Crippen molar-refractivity contribution in [1.82, 2.24) is 4.98 Å². The number of rotatable bonds is 3. The molecule has 0 bridgehead atoms. The van der Waals surface area contributed by atoms with Crippen LogP contribution < -0.4 is 10.2 Å². The van der Waals surface area contributed by atoms with E-state index in [1.165, 1.54) is 12.1 Å². The van der Waals surface area contributed by atoms with Crippen LogP contribution in [-0.2, 0) is 11.2 Å². The minimum Gasteiger partial charge on any atom is -0.550 e. The summed E-state index contributed by atoms with van der Waals surface area (Å²) in [7, 11) is 0. The molecule has 0 atom stereocenters. The fraction of sp³-hybridized carbons (Fsp3) is 0.0909. The monoisotopic (exact) mass is 285 g/mol. The molecule has 7 heteroatoms. The van der Waals surface area contributed by atoms with Gasteiger partial charge in [0, 0.05) is 22.8 Å². The van der Waals surface area contributed by atoms with Gasteiger partial charge >= 0.3 is 0 Å². The number of aliphatic carboxylic acids is 1. The minimum atomic E-state index is -1.52. The van der Waals surface area contributed by atoms with Gasteiger partial charge < -0.3 is 24.8 Å². The predicted molar refractivity (Wildman–Crippen MR) is 61.4 cm³/mol. The lowest BCUT2D eigenvalue weighted by atomic mass is 10.1. The van der Waals surface area contributed by atoms with Gasteiger partial charge in [0.15, 0.2) is 0 Å². The summed E-state index contributed by atoms with van der Waals surface area (Å²) >= 11 is 11.7. The van der Waals surface area contributed by atoms with Gasteiger partial charge in [0.2, 0.25) is 0 Å². The highest BCUT2D eigenvalue weighted by Crippen LogP contribution is 2.31. The molecule has 0 unspecified atom stereocenters. The highest BCUT2D eigenvalue weighted by atomic mass is 35.5. The summed E-state index contributed by atoms with van der Waals surface area (Å²) < 4.78 is 0. The number of H-pyrrole nitrogens is 1. The lowest BCUT2D eigenvalue weighted by molar-refractivity contribution is -0.304. The lowest BCUT2D eigenvalue weighted by Gasteiger charge is -2.06. The van der Waals surface area contributed by atoms with E-state index < -0.39 is 18.4 Å². The number of aromatic nitrogens is 1. The molecule has 94 valence electrons. The van der Waals surface area contributed by atoms with Crippen LogP contribution in [0.25, 0.3) is 10.9 Å². The van der Waals surface area contributed by atoms with Crippen LogP contribution in [0.1, 0.15) is 16.1 Å². The van der Waals surface area contributed by atoms with E-state index in [-0.39, 0.29) is 21.3 Å². The molecule has 1 aromatic heterocycles. The molecule has 0 saturated carbocycles. The van der Waals surface area contributed by atoms with Gasteiger partial charge in [-0.25, -0.2) is 0 Å². The summed E-state index contributed by atoms with van der Waals surface area (Å²) in [6.07, 6.45) is -0.569. The Hall–Kier alpha value is -1.72. The number of aromatic carboxylic acids is 1. The van der Waals surface area contributed by atoms with Crippen molar-refractivity contribution in [1.29, 1.82) is 0 Å². The molecule has 18 heavy (non-hydrogen) atoms. The van der Waals surface area contributed by atoms with Gasteiger partial charge in [-0.05, 0) is 17.7 Å². The molecular weight excluding hydrogens is 281 g/mol. The number of fused-ring (bicyclic) bond motifs is 1. The molecule has 0 aliphatic carbocycles. The number of halogens is 2. The molecule has 0 aliphatic rings. The van der Waals surface area contributed by atoms with Crippen LogP contribution in [0.2, 0.25) is 10.0 Å². The second kappa shape index (κ2) is 4.51. The summed E-state index contributed by atoms with van der Waals surface area (Å²) in [4.78, 5) is 24.1. The molecule has 1 heterocycles. The maximum atomic E-state index is 10.9. The molecular formula is C11H5Cl2NO4-2. The van der Waals surface area contributed by atoms with Crippen LogP contribution in [-0.4, -0.2) is 16.9 Å². The first-order chi connectivity index (χ1) is 8.40. The molecule has 0 radical (unpaired) electrons. The number of carbonyl (C=O) groups is 2. The van der Waals surface area contributed by atoms with E-state index in [1.54, 1.807) is 0 Å². The largest absolute Gasteiger partial charge is 0.550 e. The number of aromatic amines is 1. The molecule has 0 amide bonds. The first-order valence-corrected chi connectivity index (χ1v) is 5.56. The van der Waals surface area contributed by atoms with Crippen molar-refractivity contribution in [3.63, 3.8) is 0 Å². The van der Waals surface area contributed by atoms with Gasteiger partial charge in [-0.2, -0.15) is 0 Å². The average Bonchev–Trinajstić information content (AvgIpc) is 2.57. The zero-order chi connectivity index (χ0) is 13.4. The van der Waals surface area contributed by atoms with E-state index in [0.717, 1.165) is 0 Å². The van der Waals surface area contributed by atoms with Crippen LogP contribution in [0.3, 0.4) is 0 Å². The Bertz CT molecular complexity index is 663. The van der Waals surface area contributed by atoms with Crippen LogP contribution >= 0.6 is 23.2 Å². The van der Waals surface area contributed by atoms with Crippen LogP contribution in [0.5, 0.6) is 0 Å². The number of hydrogen-bond acceptors (Lipinski definition) is 4. The van der Waals surface area contributed by atoms with Gasteiger partial charge in [0.25, 0.3) is 0 Å². The van der Waals surface area contributed by atoms with Crippen LogP contribution in [0.15, 0.2) is 12.1 Å². The van der Waals surface area contributed by atoms with E-state index in [0.29, 0.717) is 10.9 Å². The van der Waals surface area contributed by atoms with Gasteiger partial charge in [-0.3, -0.25) is 0 Å². The molecule has 5 nitrogen and oxygen atoms in total. The van der Waals surface area contributed by atoms with E-state index in [9.17, 15) is 19.8 Å². The average molecular weight is 286 g/mol. The zero-order valence-corrected chi connectivity index (χ0v) is 10.3. The van der Waals surface area contributed by atoms with Crippen molar-refractivity contribution in [2.75, 3.05) is 0 Å². The molecule has 0 saturated heterocycles. The number of hydrogen-bond donors (Lipinski definition) is 1. The standard InChI is InChI=1S/C11H7Cl2NO4/c12-4-1-5-6(3-8(15)16)10(11(17)18)14-9(5)7(13)2-4/h1-2,14H,3H2,(H,15,16)(H,17,18)/p-2. The van der Waals surface area contributed by atoms with E-state index in [1.807, 2.05) is 0 Å². The summed E-state index contributed by atoms with van der Waals surface area (Å²) in [5, 5.41) is 22.4. The number of carbonyl (C=O) groups excluding carboxylic acids is 2. The van der Waals surface area contributed by atoms with Gasteiger partial charge in [-0.15, -0.1) is 0 Å². The molecule has 2 rings (SSSR count). The third-order valence-electron chi connectivity index (χ3n) is 2.46. The Morgan fingerprint density at radius 2 is 1.89 bits per heavy atom. The Balaban J connectivity index is 2.80. The van der Waals surface area contributed by atoms with Gasteiger partial charge in [-0.1, -0.05) is 23.2 Å². The van der Waals surface area contributed by atoms with Crippen molar-refractivity contribution in [3.8, 4) is 0 Å². The Morgan fingerprint density at radius 1 is 1.22 bits per heavy atom. The zero-order valence-electron chi connectivity index (χ0n) is 8.75. The number of nitrogens with one attached hydrogen (secondary N) is 1. The predicted octanol–water partition coefficient (Wildman–Crippen LogP) is 0.131. The molecule has 0 aliphatic heterocycles. The first-order valence-electron chi connectivity index (χ1n) is 4.81. The van der Waals surface area contributed by atoms with Crippen LogP contribution in [0, 0.1) is 0 Å². The normalized spacial score (nSPS) is 10.8. The molecule has 2 aromatic rings. The topological polar surface area (TPSA) is 96.0 Å². The maximum absolute atomic E-state index is 10.9. The highest BCUT2D eigenvalue weighted by Gasteiger charge is 2.15. The second-order valence-electron chi connectivity index (χ2n) is 3.62. The molecule has 1 N–H and O–H groups in total. The Morgan fingerprint density at radius 3 is 2.44 bits per heavy atom. The fourth-order valence-electron chi connectivity index (χ4n) is 1.78. The van der Waals surface area contributed by atoms with Crippen LogP contribution in [0.4, 0.5) is 0 Å². The molecule has 0 fully saturated rings. The second-order valence-corrected chi connectivity index (χ2v) is 4.47. The maximum Gasteiger partial charge on any atom is 0.0881 e. The van der Waals surface area contributed by atoms with Crippen molar-refractivity contribution in [2.45, 2.75) is 6.42 Å². The third-order valence-corrected chi connectivity index (χ3v) is 2.97. The Kier molecular flexibility index (Phi) is 3.19. The molecule has 0 spiro atoms. The summed E-state index contributed by atoms with van der Waals surface area (Å²) in [5.74, 6) is -2.93. The lowest BCUT2D eigenvalue weighted by Crippen LogP contribution is -2.28. The number of benzene rings is 1. The third kappa shape index (κ3) is 2.14. The number of carboxylic acids is 2. The number of carboxylic acid groups (broad SMARTS) is 2. The molecule has 1 aromatic carbocycles. The van der Waals surface area contributed by atoms with E-state index in [4.69, 9.17) is 23.2 Å². The van der Waals surface area contributed by atoms with Gasteiger partial charge in [0.1, 0.15) is 0 Å². The van der Waals surface area contributed by atoms with Crippen molar-refractivity contribution in [2.24, 2.45) is 0 Å². The smallest absolute Gasteiger partial charge is 0.0881 e. The van der Waals surface area contributed by atoms with E-state index >= 15 is 0 Å². The highest BCUT2D eigenvalue weighted by molar-refractivity contribution is 6.38. The SMILES string of the molecule is O=C([O-])Cc1c(C(=O)[O-])[nH]c2c(Cl)cc(Cl)cc12. The quantitative estimate of drug-likeness (QED) is 0.867. The minimum absolute atomic E-state index is 0.0365. The van der Waals surface area contributed by atoms with Crippen molar-refractivity contribution < 1.29 is 19.8 Å². The first kappa shape index (κ1) is 12.7.